The van der Waals surface area contributed by atoms with Gasteiger partial charge in [-0.15, -0.1) is 6.58 Å². The van der Waals surface area contributed by atoms with E-state index >= 15 is 0 Å². The van der Waals surface area contributed by atoms with Gasteiger partial charge in [0.25, 0.3) is 0 Å². The van der Waals surface area contributed by atoms with E-state index in [2.05, 4.69) is 30.9 Å². The molecule has 0 saturated heterocycles. The number of hydrogen-bond donors (Lipinski definition) is 1. The van der Waals surface area contributed by atoms with Crippen molar-refractivity contribution in [2.24, 2.45) is 0 Å². The van der Waals surface area contributed by atoms with Crippen LogP contribution in [-0.4, -0.2) is 37.6 Å². The summed E-state index contributed by atoms with van der Waals surface area (Å²) in [4.78, 5) is 2.49. The summed E-state index contributed by atoms with van der Waals surface area (Å²) in [6, 6.07) is 1.57. The minimum Gasteiger partial charge on any atom is -0.317 e. The van der Waals surface area contributed by atoms with E-state index in [-0.39, 0.29) is 0 Å². The van der Waals surface area contributed by atoms with E-state index in [1.807, 2.05) is 6.08 Å². The topological polar surface area (TPSA) is 15.3 Å². The highest BCUT2D eigenvalue weighted by atomic mass is 15.1. The van der Waals surface area contributed by atoms with E-state index in [9.17, 15) is 0 Å². The smallest absolute Gasteiger partial charge is 0.00934 e. The van der Waals surface area contributed by atoms with Crippen molar-refractivity contribution in [2.45, 2.75) is 44.2 Å². The first-order valence-electron chi connectivity index (χ1n) is 5.76. The van der Waals surface area contributed by atoms with Crippen LogP contribution in [-0.2, 0) is 0 Å². The van der Waals surface area contributed by atoms with Gasteiger partial charge < -0.3 is 10.2 Å². The molecule has 82 valence electrons. The Hall–Kier alpha value is -0.340. The summed E-state index contributed by atoms with van der Waals surface area (Å²) in [6.07, 6.45) is 8.48. The van der Waals surface area contributed by atoms with E-state index in [0.29, 0.717) is 0 Å². The summed E-state index contributed by atoms with van der Waals surface area (Å²) in [5.41, 5.74) is 0. The molecule has 0 unspecified atom stereocenters. The van der Waals surface area contributed by atoms with Crippen LogP contribution in [0.2, 0.25) is 0 Å². The van der Waals surface area contributed by atoms with E-state index in [0.717, 1.165) is 18.5 Å². The third kappa shape index (κ3) is 3.43. The van der Waals surface area contributed by atoms with Gasteiger partial charge in [0, 0.05) is 18.6 Å². The standard InChI is InChI=1S/C12H24N2/c1-4-5-10-14(3)12-8-6-11(13-2)7-9-12/h4,11-13H,1,5-10H2,2-3H3. The molecule has 1 fully saturated rings. The monoisotopic (exact) mass is 196 g/mol. The van der Waals surface area contributed by atoms with E-state index in [1.54, 1.807) is 0 Å². The molecule has 0 aromatic carbocycles. The Bertz CT molecular complexity index is 160. The van der Waals surface area contributed by atoms with Crippen molar-refractivity contribution in [2.75, 3.05) is 20.6 Å². The molecule has 2 heteroatoms. The number of nitrogens with zero attached hydrogens (tertiary/aromatic N) is 1. The molecule has 0 bridgehead atoms. The van der Waals surface area contributed by atoms with Gasteiger partial charge in [0.05, 0.1) is 0 Å². The Labute approximate surface area is 88.4 Å². The quantitative estimate of drug-likeness (QED) is 0.677. The third-order valence-corrected chi connectivity index (χ3v) is 3.41. The van der Waals surface area contributed by atoms with Gasteiger partial charge in [-0.3, -0.25) is 0 Å². The van der Waals surface area contributed by atoms with Gasteiger partial charge >= 0.3 is 0 Å². The molecule has 0 spiro atoms. The van der Waals surface area contributed by atoms with Crippen LogP contribution in [0.25, 0.3) is 0 Å². The lowest BCUT2D eigenvalue weighted by Crippen LogP contribution is -2.40. The maximum absolute atomic E-state index is 3.77. The molecule has 1 rings (SSSR count). The fraction of sp³-hybridized carbons (Fsp3) is 0.833. The highest BCUT2D eigenvalue weighted by Gasteiger charge is 2.22. The molecule has 2 nitrogen and oxygen atoms in total. The van der Waals surface area contributed by atoms with Gasteiger partial charge in [-0.05, 0) is 46.2 Å². The van der Waals surface area contributed by atoms with Crippen molar-refractivity contribution in [3.8, 4) is 0 Å². The van der Waals surface area contributed by atoms with Crippen LogP contribution in [0.3, 0.4) is 0 Å². The fourth-order valence-electron chi connectivity index (χ4n) is 2.28. The molecule has 14 heavy (non-hydrogen) atoms. The van der Waals surface area contributed by atoms with Crippen molar-refractivity contribution < 1.29 is 0 Å². The molecular weight excluding hydrogens is 172 g/mol. The zero-order valence-corrected chi connectivity index (χ0v) is 9.63. The first-order chi connectivity index (χ1) is 6.77. The lowest BCUT2D eigenvalue weighted by molar-refractivity contribution is 0.179. The molecule has 1 saturated carbocycles. The summed E-state index contributed by atoms with van der Waals surface area (Å²) in [7, 11) is 4.32. The highest BCUT2D eigenvalue weighted by molar-refractivity contribution is 4.81. The Morgan fingerprint density at radius 1 is 1.36 bits per heavy atom. The van der Waals surface area contributed by atoms with Crippen LogP contribution >= 0.6 is 0 Å². The fourth-order valence-corrected chi connectivity index (χ4v) is 2.28. The Balaban J connectivity index is 2.22. The Morgan fingerprint density at radius 3 is 2.50 bits per heavy atom. The molecule has 0 aliphatic heterocycles. The molecule has 0 atom stereocenters. The molecule has 0 aromatic heterocycles. The Morgan fingerprint density at radius 2 is 2.00 bits per heavy atom. The van der Waals surface area contributed by atoms with Gasteiger partial charge in [0.15, 0.2) is 0 Å². The van der Waals surface area contributed by atoms with Gasteiger partial charge in [0.2, 0.25) is 0 Å². The predicted octanol–water partition coefficient (Wildman–Crippen LogP) is 2.02. The van der Waals surface area contributed by atoms with Gasteiger partial charge in [-0.1, -0.05) is 6.08 Å². The number of hydrogen-bond acceptors (Lipinski definition) is 2. The maximum Gasteiger partial charge on any atom is 0.00934 e. The summed E-state index contributed by atoms with van der Waals surface area (Å²) < 4.78 is 0. The van der Waals surface area contributed by atoms with Crippen molar-refractivity contribution >= 4 is 0 Å². The largest absolute Gasteiger partial charge is 0.317 e. The molecule has 1 aliphatic carbocycles. The molecule has 1 aliphatic rings. The van der Waals surface area contributed by atoms with Crippen LogP contribution < -0.4 is 5.32 Å². The molecule has 0 amide bonds. The van der Waals surface area contributed by atoms with E-state index < -0.39 is 0 Å². The Kier molecular flexibility index (Phi) is 5.20. The van der Waals surface area contributed by atoms with Crippen LogP contribution in [0.15, 0.2) is 12.7 Å². The molecule has 0 aromatic rings. The highest BCUT2D eigenvalue weighted by Crippen LogP contribution is 2.22. The van der Waals surface area contributed by atoms with Gasteiger partial charge in [-0.25, -0.2) is 0 Å². The zero-order valence-electron chi connectivity index (χ0n) is 9.63. The van der Waals surface area contributed by atoms with Crippen molar-refractivity contribution in [3.63, 3.8) is 0 Å². The zero-order chi connectivity index (χ0) is 10.4. The van der Waals surface area contributed by atoms with Crippen LogP contribution in [0.1, 0.15) is 32.1 Å². The average molecular weight is 196 g/mol. The maximum atomic E-state index is 3.77. The second-order valence-corrected chi connectivity index (χ2v) is 4.35. The minimum absolute atomic E-state index is 0.763. The average Bonchev–Trinajstić information content (AvgIpc) is 2.26. The molecule has 0 radical (unpaired) electrons. The van der Waals surface area contributed by atoms with Crippen molar-refractivity contribution in [3.05, 3.63) is 12.7 Å². The first kappa shape index (κ1) is 11.7. The second-order valence-electron chi connectivity index (χ2n) is 4.35. The molecule has 1 N–H and O–H groups in total. The number of rotatable bonds is 5. The van der Waals surface area contributed by atoms with Crippen LogP contribution in [0.4, 0.5) is 0 Å². The summed E-state index contributed by atoms with van der Waals surface area (Å²) in [6.45, 7) is 4.93. The summed E-state index contributed by atoms with van der Waals surface area (Å²) in [5.74, 6) is 0. The SMILES string of the molecule is C=CCCN(C)C1CCC(NC)CC1. The van der Waals surface area contributed by atoms with E-state index in [4.69, 9.17) is 0 Å². The molecular formula is C12H24N2. The normalized spacial score (nSPS) is 27.9. The van der Waals surface area contributed by atoms with E-state index in [1.165, 1.54) is 32.2 Å². The lowest BCUT2D eigenvalue weighted by Gasteiger charge is -2.34. The van der Waals surface area contributed by atoms with Crippen LogP contribution in [0.5, 0.6) is 0 Å². The molecule has 0 heterocycles. The summed E-state index contributed by atoms with van der Waals surface area (Å²) in [5, 5.41) is 3.37. The lowest BCUT2D eigenvalue weighted by atomic mass is 9.90. The third-order valence-electron chi connectivity index (χ3n) is 3.41. The first-order valence-corrected chi connectivity index (χ1v) is 5.76. The van der Waals surface area contributed by atoms with Crippen molar-refractivity contribution in [1.29, 1.82) is 0 Å². The summed E-state index contributed by atoms with van der Waals surface area (Å²) >= 11 is 0. The minimum atomic E-state index is 0.763. The second kappa shape index (κ2) is 6.20. The van der Waals surface area contributed by atoms with Crippen LogP contribution in [0, 0.1) is 0 Å². The van der Waals surface area contributed by atoms with Crippen molar-refractivity contribution in [1.82, 2.24) is 10.2 Å². The van der Waals surface area contributed by atoms with Gasteiger partial charge in [-0.2, -0.15) is 0 Å². The number of nitrogens with one attached hydrogen (secondary N) is 1. The predicted molar refractivity (Wildman–Crippen MR) is 62.5 cm³/mol. The van der Waals surface area contributed by atoms with Gasteiger partial charge in [0.1, 0.15) is 0 Å².